The Bertz CT molecular complexity index is 316. The van der Waals surface area contributed by atoms with Crippen LogP contribution in [0.2, 0.25) is 0 Å². The Morgan fingerprint density at radius 2 is 1.78 bits per heavy atom. The highest BCUT2D eigenvalue weighted by Gasteiger charge is 2.24. The topological polar surface area (TPSA) is 84.2 Å². The van der Waals surface area contributed by atoms with Gasteiger partial charge >= 0.3 is 0 Å². The molecule has 0 aromatic heterocycles. The smallest absolute Gasteiger partial charge is 0.230 e. The van der Waals surface area contributed by atoms with E-state index in [9.17, 15) is 9.59 Å². The van der Waals surface area contributed by atoms with E-state index in [0.29, 0.717) is 6.54 Å². The number of thiocarbonyl (C=S) groups is 1. The lowest BCUT2D eigenvalue weighted by atomic mass is 9.95. The molecule has 0 aromatic carbocycles. The molecule has 4 N–H and O–H groups in total. The summed E-state index contributed by atoms with van der Waals surface area (Å²) < 4.78 is 0. The molecule has 0 saturated carbocycles. The molecule has 0 aromatic rings. The minimum Gasteiger partial charge on any atom is -0.393 e. The van der Waals surface area contributed by atoms with Crippen LogP contribution in [0.5, 0.6) is 0 Å². The highest BCUT2D eigenvalue weighted by atomic mass is 32.1. The molecule has 0 aliphatic heterocycles. The number of carbonyl (C=O) groups is 2. The lowest BCUT2D eigenvalue weighted by molar-refractivity contribution is -0.124. The van der Waals surface area contributed by atoms with Crippen LogP contribution in [0.1, 0.15) is 34.1 Å². The predicted molar refractivity (Wildman–Crippen MR) is 76.0 cm³/mol. The van der Waals surface area contributed by atoms with Crippen molar-refractivity contribution >= 4 is 29.0 Å². The van der Waals surface area contributed by atoms with Gasteiger partial charge in [-0.2, -0.15) is 0 Å². The average molecular weight is 273 g/mol. The molecule has 1 atom stereocenters. The van der Waals surface area contributed by atoms with Crippen LogP contribution >= 0.6 is 12.2 Å². The van der Waals surface area contributed by atoms with Crippen LogP contribution in [0.3, 0.4) is 0 Å². The van der Waals surface area contributed by atoms with Gasteiger partial charge in [-0.05, 0) is 19.8 Å². The number of hydrogen-bond acceptors (Lipinski definition) is 3. The van der Waals surface area contributed by atoms with Gasteiger partial charge in [0, 0.05) is 19.0 Å². The molecule has 0 saturated heterocycles. The monoisotopic (exact) mass is 273 g/mol. The number of nitrogens with one attached hydrogen (secondary N) is 2. The molecule has 104 valence electrons. The summed E-state index contributed by atoms with van der Waals surface area (Å²) in [6.07, 6.45) is 0.256. The minimum absolute atomic E-state index is 0.0481. The molecule has 0 aliphatic carbocycles. The van der Waals surface area contributed by atoms with Crippen LogP contribution in [-0.2, 0) is 9.59 Å². The Labute approximate surface area is 114 Å². The van der Waals surface area contributed by atoms with Crippen molar-refractivity contribution in [1.29, 1.82) is 0 Å². The fourth-order valence-corrected chi connectivity index (χ4v) is 1.94. The largest absolute Gasteiger partial charge is 0.393 e. The standard InChI is InChI=1S/C12H23N3O2S/c1-7(2)10(11(13)18)12(17)14-6-5-9(16)15-8(3)4/h7-8,10H,5-6H2,1-4H3,(H2,13,18)(H,14,17)(H,15,16). The third-order valence-electron chi connectivity index (χ3n) is 2.36. The number of nitrogens with two attached hydrogens (primary N) is 1. The van der Waals surface area contributed by atoms with E-state index < -0.39 is 5.92 Å². The summed E-state index contributed by atoms with van der Waals surface area (Å²) in [7, 11) is 0. The zero-order valence-electron chi connectivity index (χ0n) is 11.4. The van der Waals surface area contributed by atoms with Crippen molar-refractivity contribution in [2.45, 2.75) is 40.2 Å². The SMILES string of the molecule is CC(C)NC(=O)CCNC(=O)C(C(N)=S)C(C)C. The highest BCUT2D eigenvalue weighted by molar-refractivity contribution is 7.80. The normalized spacial score (nSPS) is 12.3. The predicted octanol–water partition coefficient (Wildman–Crippen LogP) is 0.576. The Morgan fingerprint density at radius 3 is 2.17 bits per heavy atom. The van der Waals surface area contributed by atoms with Gasteiger partial charge in [0.15, 0.2) is 0 Å². The third-order valence-corrected chi connectivity index (χ3v) is 2.61. The van der Waals surface area contributed by atoms with Crippen molar-refractivity contribution in [2.75, 3.05) is 6.54 Å². The van der Waals surface area contributed by atoms with Crippen molar-refractivity contribution in [1.82, 2.24) is 10.6 Å². The summed E-state index contributed by atoms with van der Waals surface area (Å²) >= 11 is 4.87. The highest BCUT2D eigenvalue weighted by Crippen LogP contribution is 2.11. The van der Waals surface area contributed by atoms with E-state index >= 15 is 0 Å². The van der Waals surface area contributed by atoms with Crippen molar-refractivity contribution < 1.29 is 9.59 Å². The minimum atomic E-state index is -0.479. The van der Waals surface area contributed by atoms with E-state index in [-0.39, 0.29) is 35.2 Å². The molecule has 0 aliphatic rings. The molecule has 18 heavy (non-hydrogen) atoms. The number of rotatable bonds is 7. The molecule has 1 unspecified atom stereocenters. The molecule has 0 spiro atoms. The van der Waals surface area contributed by atoms with Gasteiger partial charge in [-0.15, -0.1) is 0 Å². The van der Waals surface area contributed by atoms with Crippen LogP contribution in [0.25, 0.3) is 0 Å². The van der Waals surface area contributed by atoms with Crippen LogP contribution < -0.4 is 16.4 Å². The van der Waals surface area contributed by atoms with Gasteiger partial charge in [-0.25, -0.2) is 0 Å². The van der Waals surface area contributed by atoms with Gasteiger partial charge in [0.05, 0.1) is 10.9 Å². The van der Waals surface area contributed by atoms with E-state index in [1.807, 2.05) is 27.7 Å². The van der Waals surface area contributed by atoms with Crippen molar-refractivity contribution in [3.8, 4) is 0 Å². The molecule has 6 heteroatoms. The molecular weight excluding hydrogens is 250 g/mol. The van der Waals surface area contributed by atoms with Crippen LogP contribution in [-0.4, -0.2) is 29.4 Å². The molecule has 0 fully saturated rings. The maximum atomic E-state index is 11.8. The lowest BCUT2D eigenvalue weighted by Crippen LogP contribution is -2.42. The summed E-state index contributed by atoms with van der Waals surface area (Å²) in [5.41, 5.74) is 5.53. The fourth-order valence-electron chi connectivity index (χ4n) is 1.56. The van der Waals surface area contributed by atoms with E-state index in [1.54, 1.807) is 0 Å². The zero-order valence-corrected chi connectivity index (χ0v) is 12.3. The Hall–Kier alpha value is -1.17. The summed E-state index contributed by atoms with van der Waals surface area (Å²) in [5, 5.41) is 5.43. The third kappa shape index (κ3) is 6.54. The average Bonchev–Trinajstić information content (AvgIpc) is 2.14. The first kappa shape index (κ1) is 16.8. The quantitative estimate of drug-likeness (QED) is 0.592. The number of carbonyl (C=O) groups excluding carboxylic acids is 2. The van der Waals surface area contributed by atoms with Crippen LogP contribution in [0.15, 0.2) is 0 Å². The van der Waals surface area contributed by atoms with E-state index in [2.05, 4.69) is 10.6 Å². The Morgan fingerprint density at radius 1 is 1.22 bits per heavy atom. The van der Waals surface area contributed by atoms with E-state index in [0.717, 1.165) is 0 Å². The molecule has 0 radical (unpaired) electrons. The first-order valence-electron chi connectivity index (χ1n) is 6.12. The lowest BCUT2D eigenvalue weighted by Gasteiger charge is -2.18. The zero-order chi connectivity index (χ0) is 14.3. The van der Waals surface area contributed by atoms with Gasteiger partial charge < -0.3 is 16.4 Å². The molecule has 0 heterocycles. The van der Waals surface area contributed by atoms with Gasteiger partial charge in [0.2, 0.25) is 11.8 Å². The second-order valence-corrected chi connectivity index (χ2v) is 5.36. The molecule has 5 nitrogen and oxygen atoms in total. The summed E-state index contributed by atoms with van der Waals surface area (Å²) in [5.74, 6) is -0.725. The van der Waals surface area contributed by atoms with Crippen molar-refractivity contribution in [3.05, 3.63) is 0 Å². The summed E-state index contributed by atoms with van der Waals surface area (Å²) in [6, 6.07) is 0.105. The first-order chi connectivity index (χ1) is 8.25. The second-order valence-electron chi connectivity index (χ2n) is 4.89. The number of amides is 2. The van der Waals surface area contributed by atoms with Crippen molar-refractivity contribution in [3.63, 3.8) is 0 Å². The summed E-state index contributed by atoms with van der Waals surface area (Å²) in [6.45, 7) is 7.84. The Balaban J connectivity index is 4.10. The molecule has 0 bridgehead atoms. The Kier molecular flexibility index (Phi) is 7.50. The molecular formula is C12H23N3O2S. The fraction of sp³-hybridized carbons (Fsp3) is 0.750. The van der Waals surface area contributed by atoms with Crippen molar-refractivity contribution in [2.24, 2.45) is 17.6 Å². The van der Waals surface area contributed by atoms with Gasteiger partial charge in [-0.3, -0.25) is 9.59 Å². The van der Waals surface area contributed by atoms with Crippen LogP contribution in [0.4, 0.5) is 0 Å². The van der Waals surface area contributed by atoms with Gasteiger partial charge in [0.25, 0.3) is 0 Å². The first-order valence-corrected chi connectivity index (χ1v) is 6.53. The van der Waals surface area contributed by atoms with E-state index in [4.69, 9.17) is 18.0 Å². The van der Waals surface area contributed by atoms with Gasteiger partial charge in [0.1, 0.15) is 0 Å². The van der Waals surface area contributed by atoms with E-state index in [1.165, 1.54) is 0 Å². The maximum absolute atomic E-state index is 11.8. The second kappa shape index (κ2) is 8.02. The maximum Gasteiger partial charge on any atom is 0.230 e. The van der Waals surface area contributed by atoms with Crippen LogP contribution in [0, 0.1) is 11.8 Å². The number of hydrogen-bond donors (Lipinski definition) is 3. The molecule has 0 rings (SSSR count). The molecule has 2 amide bonds. The summed E-state index contributed by atoms with van der Waals surface area (Å²) in [4.78, 5) is 23.4. The van der Waals surface area contributed by atoms with Gasteiger partial charge in [-0.1, -0.05) is 26.1 Å².